The van der Waals surface area contributed by atoms with Crippen LogP contribution in [0.15, 0.2) is 18.2 Å². The van der Waals surface area contributed by atoms with E-state index in [2.05, 4.69) is 5.32 Å². The molecule has 4 nitrogen and oxygen atoms in total. The number of nitrogens with one attached hydrogen (secondary N) is 1. The highest BCUT2D eigenvalue weighted by atomic mass is 35.5. The van der Waals surface area contributed by atoms with Crippen LogP contribution >= 0.6 is 11.6 Å². The summed E-state index contributed by atoms with van der Waals surface area (Å²) in [6, 6.07) is 4.48. The molecular formula is C15H19ClFNO3. The number of ether oxygens (including phenoxy) is 1. The molecule has 1 unspecified atom stereocenters. The van der Waals surface area contributed by atoms with Crippen molar-refractivity contribution in [3.8, 4) is 0 Å². The average molecular weight is 316 g/mol. The van der Waals surface area contributed by atoms with Gasteiger partial charge in [-0.1, -0.05) is 17.7 Å². The van der Waals surface area contributed by atoms with Gasteiger partial charge in [0.1, 0.15) is 5.82 Å². The molecule has 1 fully saturated rings. The molecule has 0 spiro atoms. The number of hydrogen-bond acceptors (Lipinski definition) is 3. The largest absolute Gasteiger partial charge is 0.481 e. The Morgan fingerprint density at radius 2 is 2.19 bits per heavy atom. The molecule has 1 aliphatic heterocycles. The van der Waals surface area contributed by atoms with Crippen molar-refractivity contribution >= 4 is 17.6 Å². The van der Waals surface area contributed by atoms with E-state index in [4.69, 9.17) is 16.3 Å². The molecule has 0 aromatic heterocycles. The molecule has 116 valence electrons. The quantitative estimate of drug-likeness (QED) is 0.847. The van der Waals surface area contributed by atoms with Crippen LogP contribution in [0.5, 0.6) is 0 Å². The Kier molecular flexibility index (Phi) is 5.96. The minimum atomic E-state index is -0.814. The Balaban J connectivity index is 1.88. The van der Waals surface area contributed by atoms with Crippen molar-refractivity contribution in [2.75, 3.05) is 19.8 Å². The van der Waals surface area contributed by atoms with Gasteiger partial charge in [-0.05, 0) is 30.9 Å². The van der Waals surface area contributed by atoms with Crippen molar-refractivity contribution in [3.63, 3.8) is 0 Å². The molecule has 1 aromatic rings. The van der Waals surface area contributed by atoms with E-state index in [0.29, 0.717) is 30.3 Å². The van der Waals surface area contributed by atoms with Gasteiger partial charge in [0.25, 0.3) is 0 Å². The van der Waals surface area contributed by atoms with Crippen molar-refractivity contribution in [1.29, 1.82) is 0 Å². The molecule has 2 rings (SSSR count). The monoisotopic (exact) mass is 315 g/mol. The molecule has 0 aliphatic carbocycles. The number of rotatable bonds is 6. The number of hydrogen-bond donors (Lipinski definition) is 2. The number of carbonyl (C=O) groups is 1. The van der Waals surface area contributed by atoms with E-state index in [1.54, 1.807) is 12.1 Å². The van der Waals surface area contributed by atoms with Crippen LogP contribution in [-0.2, 0) is 16.1 Å². The molecule has 21 heavy (non-hydrogen) atoms. The Morgan fingerprint density at radius 1 is 1.48 bits per heavy atom. The fraction of sp³-hybridized carbons (Fsp3) is 0.533. The molecule has 1 aliphatic rings. The first-order valence-electron chi connectivity index (χ1n) is 7.03. The molecule has 2 N–H and O–H groups in total. The predicted molar refractivity (Wildman–Crippen MR) is 77.8 cm³/mol. The Bertz CT molecular complexity index is 492. The second kappa shape index (κ2) is 7.73. The van der Waals surface area contributed by atoms with Gasteiger partial charge in [-0.25, -0.2) is 4.39 Å². The second-order valence-electron chi connectivity index (χ2n) is 5.26. The van der Waals surface area contributed by atoms with Crippen molar-refractivity contribution in [2.45, 2.75) is 19.4 Å². The minimum Gasteiger partial charge on any atom is -0.481 e. The van der Waals surface area contributed by atoms with E-state index in [-0.39, 0.29) is 18.3 Å². The van der Waals surface area contributed by atoms with E-state index < -0.39 is 11.9 Å². The maximum absolute atomic E-state index is 13.6. The van der Waals surface area contributed by atoms with Gasteiger partial charge in [0.15, 0.2) is 0 Å². The van der Waals surface area contributed by atoms with Crippen LogP contribution in [0.3, 0.4) is 0 Å². The first-order valence-corrected chi connectivity index (χ1v) is 7.41. The Labute approximate surface area is 128 Å². The van der Waals surface area contributed by atoms with Gasteiger partial charge in [-0.3, -0.25) is 4.79 Å². The van der Waals surface area contributed by atoms with Crippen LogP contribution in [0.1, 0.15) is 18.4 Å². The standard InChI is InChI=1S/C15H19ClFNO3/c16-12-2-1-11(14(17)7-12)8-18-9-13(15(19)20)10-3-5-21-6-4-10/h1-2,7,10,13,18H,3-6,8-9H2,(H,19,20). The average Bonchev–Trinajstić information content (AvgIpc) is 2.46. The highest BCUT2D eigenvalue weighted by Crippen LogP contribution is 2.24. The van der Waals surface area contributed by atoms with Gasteiger partial charge in [-0.2, -0.15) is 0 Å². The minimum absolute atomic E-state index is 0.110. The van der Waals surface area contributed by atoms with E-state index in [1.807, 2.05) is 0 Å². The van der Waals surface area contributed by atoms with Gasteiger partial charge in [0, 0.05) is 36.9 Å². The van der Waals surface area contributed by atoms with Crippen molar-refractivity contribution in [1.82, 2.24) is 5.32 Å². The molecule has 0 bridgehead atoms. The SMILES string of the molecule is O=C(O)C(CNCc1ccc(Cl)cc1F)C1CCOCC1. The van der Waals surface area contributed by atoms with Crippen molar-refractivity contribution < 1.29 is 19.0 Å². The molecule has 1 heterocycles. The summed E-state index contributed by atoms with van der Waals surface area (Å²) in [5.41, 5.74) is 0.482. The smallest absolute Gasteiger partial charge is 0.308 e. The molecule has 6 heteroatoms. The summed E-state index contributed by atoms with van der Waals surface area (Å²) in [7, 11) is 0. The third-order valence-electron chi connectivity index (χ3n) is 3.85. The number of carboxylic acid groups (broad SMARTS) is 1. The van der Waals surface area contributed by atoms with Gasteiger partial charge < -0.3 is 15.2 Å². The molecule has 1 aromatic carbocycles. The fourth-order valence-corrected chi connectivity index (χ4v) is 2.76. The summed E-state index contributed by atoms with van der Waals surface area (Å²) in [4.78, 5) is 11.4. The van der Waals surface area contributed by atoms with Crippen LogP contribution in [0, 0.1) is 17.7 Å². The first-order chi connectivity index (χ1) is 10.1. The van der Waals surface area contributed by atoms with Crippen LogP contribution < -0.4 is 5.32 Å². The van der Waals surface area contributed by atoms with Crippen LogP contribution in [-0.4, -0.2) is 30.8 Å². The van der Waals surface area contributed by atoms with Crippen LogP contribution in [0.2, 0.25) is 5.02 Å². The highest BCUT2D eigenvalue weighted by molar-refractivity contribution is 6.30. The molecule has 1 saturated heterocycles. The summed E-state index contributed by atoms with van der Waals surface area (Å²) in [6.07, 6.45) is 1.52. The lowest BCUT2D eigenvalue weighted by molar-refractivity contribution is -0.144. The molecule has 0 radical (unpaired) electrons. The summed E-state index contributed by atoms with van der Waals surface area (Å²) in [5.74, 6) is -1.55. The zero-order valence-electron chi connectivity index (χ0n) is 11.6. The molecular weight excluding hydrogens is 297 g/mol. The fourth-order valence-electron chi connectivity index (χ4n) is 2.60. The topological polar surface area (TPSA) is 58.6 Å². The Morgan fingerprint density at radius 3 is 2.81 bits per heavy atom. The zero-order chi connectivity index (χ0) is 15.2. The zero-order valence-corrected chi connectivity index (χ0v) is 12.4. The number of carboxylic acids is 1. The third-order valence-corrected chi connectivity index (χ3v) is 4.08. The van der Waals surface area contributed by atoms with E-state index >= 15 is 0 Å². The van der Waals surface area contributed by atoms with Crippen LogP contribution in [0.4, 0.5) is 4.39 Å². The van der Waals surface area contributed by atoms with Crippen molar-refractivity contribution in [2.24, 2.45) is 11.8 Å². The van der Waals surface area contributed by atoms with Crippen molar-refractivity contribution in [3.05, 3.63) is 34.6 Å². The normalized spacial score (nSPS) is 17.6. The lowest BCUT2D eigenvalue weighted by atomic mass is 9.86. The second-order valence-corrected chi connectivity index (χ2v) is 5.70. The lowest BCUT2D eigenvalue weighted by Crippen LogP contribution is -2.36. The van der Waals surface area contributed by atoms with Gasteiger partial charge in [0.2, 0.25) is 0 Å². The molecule has 1 atom stereocenters. The third kappa shape index (κ3) is 4.66. The van der Waals surface area contributed by atoms with E-state index in [9.17, 15) is 14.3 Å². The van der Waals surface area contributed by atoms with E-state index in [0.717, 1.165) is 12.8 Å². The highest BCUT2D eigenvalue weighted by Gasteiger charge is 2.29. The number of benzene rings is 1. The summed E-state index contributed by atoms with van der Waals surface area (Å²) >= 11 is 5.69. The van der Waals surface area contributed by atoms with Gasteiger partial charge >= 0.3 is 5.97 Å². The number of halogens is 2. The summed E-state index contributed by atoms with van der Waals surface area (Å²) < 4.78 is 18.9. The number of aliphatic carboxylic acids is 1. The maximum atomic E-state index is 13.6. The van der Waals surface area contributed by atoms with Gasteiger partial charge in [-0.15, -0.1) is 0 Å². The van der Waals surface area contributed by atoms with Gasteiger partial charge in [0.05, 0.1) is 5.92 Å². The first kappa shape index (κ1) is 16.2. The van der Waals surface area contributed by atoms with Crippen LogP contribution in [0.25, 0.3) is 0 Å². The molecule has 0 saturated carbocycles. The summed E-state index contributed by atoms with van der Waals surface area (Å²) in [6.45, 7) is 1.83. The Hall–Kier alpha value is -1.17. The van der Waals surface area contributed by atoms with E-state index in [1.165, 1.54) is 6.07 Å². The maximum Gasteiger partial charge on any atom is 0.308 e. The molecule has 0 amide bonds. The lowest BCUT2D eigenvalue weighted by Gasteiger charge is -2.27. The predicted octanol–water partition coefficient (Wildman–Crippen LogP) is 2.70. The summed E-state index contributed by atoms with van der Waals surface area (Å²) in [5, 5.41) is 12.7.